The van der Waals surface area contributed by atoms with Gasteiger partial charge in [-0.1, -0.05) is 25.1 Å². The number of aromatic nitrogens is 4. The number of carbonyl (C=O) groups is 1. The maximum atomic E-state index is 11.7. The number of aryl methyl sites for hydroxylation is 1. The monoisotopic (exact) mass is 443 g/mol. The van der Waals surface area contributed by atoms with Gasteiger partial charge in [-0.05, 0) is 59.4 Å². The molecule has 33 heavy (non-hydrogen) atoms. The van der Waals surface area contributed by atoms with Crippen LogP contribution < -0.4 is 0 Å². The lowest BCUT2D eigenvalue weighted by molar-refractivity contribution is 0.128. The molecule has 0 saturated carbocycles. The number of hydrogen-bond donors (Lipinski definition) is 3. The van der Waals surface area contributed by atoms with Gasteiger partial charge in [-0.2, -0.15) is 5.10 Å². The summed E-state index contributed by atoms with van der Waals surface area (Å²) in [6.45, 7) is 3.20. The fourth-order valence-electron chi connectivity index (χ4n) is 4.34. The summed E-state index contributed by atoms with van der Waals surface area (Å²) in [5.74, 6) is 0.972. The number of ether oxygens (including phenoxy) is 1. The molecule has 0 saturated heterocycles. The van der Waals surface area contributed by atoms with Crippen LogP contribution in [0.3, 0.4) is 0 Å². The summed E-state index contributed by atoms with van der Waals surface area (Å²) in [5, 5.41) is 18.4. The molecule has 5 rings (SSSR count). The molecule has 0 bridgehead atoms. The number of aromatic amines is 2. The number of carbonyl (C=O) groups excluding carboxylic acids is 1. The summed E-state index contributed by atoms with van der Waals surface area (Å²) < 4.78 is 4.79. The quantitative estimate of drug-likeness (QED) is 0.422. The molecule has 1 amide bonds. The number of fused-ring (bicyclic) bond motifs is 1. The van der Waals surface area contributed by atoms with Crippen LogP contribution >= 0.6 is 0 Å². The standard InChI is InChI=1S/C25H25N5O3/c1-3-15-12-18(31)5-7-19(15)17-4-6-20-21(13-17)28-29-23(20)24-26-14-22(27-24)16-8-10-30(11-9-16)25(32)33-2/h4-8,12-14,31H,3,9-11H2,1-2H3,(H,26,27)(H,28,29). The minimum atomic E-state index is -0.309. The summed E-state index contributed by atoms with van der Waals surface area (Å²) in [6, 6.07) is 11.7. The lowest BCUT2D eigenvalue weighted by atomic mass is 9.97. The number of methoxy groups -OCH3 is 1. The van der Waals surface area contributed by atoms with Crippen LogP contribution in [0.2, 0.25) is 0 Å². The number of H-pyrrole nitrogens is 2. The molecule has 0 spiro atoms. The van der Waals surface area contributed by atoms with Gasteiger partial charge in [-0.3, -0.25) is 5.10 Å². The molecule has 0 atom stereocenters. The fraction of sp³-hybridized carbons (Fsp3) is 0.240. The van der Waals surface area contributed by atoms with Crippen molar-refractivity contribution in [2.24, 2.45) is 0 Å². The second kappa shape index (κ2) is 8.46. The van der Waals surface area contributed by atoms with E-state index in [0.29, 0.717) is 18.9 Å². The Morgan fingerprint density at radius 1 is 1.24 bits per heavy atom. The number of amides is 1. The van der Waals surface area contributed by atoms with Crippen molar-refractivity contribution in [2.75, 3.05) is 20.2 Å². The first-order valence-electron chi connectivity index (χ1n) is 11.0. The lowest BCUT2D eigenvalue weighted by Gasteiger charge is -2.24. The molecule has 168 valence electrons. The number of phenolic OH excluding ortho intramolecular Hbond substituents is 1. The van der Waals surface area contributed by atoms with Crippen molar-refractivity contribution in [1.82, 2.24) is 25.1 Å². The first kappa shape index (κ1) is 20.8. The second-order valence-corrected chi connectivity index (χ2v) is 8.07. The number of aromatic hydroxyl groups is 1. The average molecular weight is 444 g/mol. The van der Waals surface area contributed by atoms with E-state index in [9.17, 15) is 9.90 Å². The van der Waals surface area contributed by atoms with Gasteiger partial charge in [0.2, 0.25) is 0 Å². The Kier molecular flexibility index (Phi) is 5.34. The average Bonchev–Trinajstić information content (AvgIpc) is 3.50. The van der Waals surface area contributed by atoms with E-state index in [0.717, 1.165) is 57.4 Å². The molecule has 0 unspecified atom stereocenters. The second-order valence-electron chi connectivity index (χ2n) is 8.07. The number of imidazole rings is 1. The van der Waals surface area contributed by atoms with E-state index in [2.05, 4.69) is 39.2 Å². The van der Waals surface area contributed by atoms with Gasteiger partial charge in [-0.15, -0.1) is 0 Å². The van der Waals surface area contributed by atoms with Gasteiger partial charge in [-0.25, -0.2) is 9.78 Å². The Hall–Kier alpha value is -4.07. The zero-order chi connectivity index (χ0) is 22.9. The molecular formula is C25H25N5O3. The molecule has 3 heterocycles. The third kappa shape index (κ3) is 3.84. The smallest absolute Gasteiger partial charge is 0.409 e. The predicted octanol–water partition coefficient (Wildman–Crippen LogP) is 4.74. The van der Waals surface area contributed by atoms with Crippen LogP contribution in [0.4, 0.5) is 4.79 Å². The first-order valence-corrected chi connectivity index (χ1v) is 11.0. The predicted molar refractivity (Wildman–Crippen MR) is 127 cm³/mol. The summed E-state index contributed by atoms with van der Waals surface area (Å²) >= 11 is 0. The van der Waals surface area contributed by atoms with Gasteiger partial charge in [0.15, 0.2) is 5.82 Å². The van der Waals surface area contributed by atoms with Gasteiger partial charge in [0.25, 0.3) is 0 Å². The van der Waals surface area contributed by atoms with E-state index in [4.69, 9.17) is 4.74 Å². The van der Waals surface area contributed by atoms with Crippen molar-refractivity contribution in [3.05, 3.63) is 59.9 Å². The van der Waals surface area contributed by atoms with Gasteiger partial charge in [0.1, 0.15) is 11.4 Å². The normalized spacial score (nSPS) is 13.9. The molecule has 1 aliphatic rings. The fourth-order valence-corrected chi connectivity index (χ4v) is 4.34. The number of benzene rings is 2. The van der Waals surface area contributed by atoms with Crippen LogP contribution in [-0.4, -0.2) is 56.5 Å². The molecule has 4 aromatic rings. The minimum Gasteiger partial charge on any atom is -0.508 e. The molecule has 0 fully saturated rings. The maximum Gasteiger partial charge on any atom is 0.409 e. The van der Waals surface area contributed by atoms with Gasteiger partial charge in [0, 0.05) is 18.5 Å². The highest BCUT2D eigenvalue weighted by Crippen LogP contribution is 2.32. The van der Waals surface area contributed by atoms with Crippen LogP contribution in [0.5, 0.6) is 5.75 Å². The van der Waals surface area contributed by atoms with Crippen molar-refractivity contribution in [1.29, 1.82) is 0 Å². The topological polar surface area (TPSA) is 107 Å². The summed E-state index contributed by atoms with van der Waals surface area (Å²) in [6.07, 6.45) is 5.09. The molecule has 8 heteroatoms. The summed E-state index contributed by atoms with van der Waals surface area (Å²) in [4.78, 5) is 21.3. The molecule has 2 aromatic carbocycles. The highest BCUT2D eigenvalue weighted by Gasteiger charge is 2.20. The Bertz CT molecular complexity index is 1370. The molecular weight excluding hydrogens is 418 g/mol. The third-order valence-corrected chi connectivity index (χ3v) is 6.13. The van der Waals surface area contributed by atoms with Crippen LogP contribution in [-0.2, 0) is 11.2 Å². The minimum absolute atomic E-state index is 0.278. The van der Waals surface area contributed by atoms with E-state index >= 15 is 0 Å². The van der Waals surface area contributed by atoms with Gasteiger partial charge in [0.05, 0.1) is 24.5 Å². The zero-order valence-corrected chi connectivity index (χ0v) is 18.6. The lowest BCUT2D eigenvalue weighted by Crippen LogP contribution is -2.34. The Balaban J connectivity index is 1.43. The van der Waals surface area contributed by atoms with Crippen LogP contribution in [0.25, 0.3) is 39.1 Å². The van der Waals surface area contributed by atoms with E-state index in [-0.39, 0.29) is 11.8 Å². The number of nitrogens with zero attached hydrogens (tertiary/aromatic N) is 3. The maximum absolute atomic E-state index is 11.7. The molecule has 0 radical (unpaired) electrons. The molecule has 2 aromatic heterocycles. The SMILES string of the molecule is CCc1cc(O)ccc1-c1ccc2c(-c3ncc(C4=CCN(C(=O)OC)CC4)[nH]3)n[nH]c2c1. The first-order chi connectivity index (χ1) is 16.1. The molecule has 3 N–H and O–H groups in total. The molecule has 0 aliphatic carbocycles. The Morgan fingerprint density at radius 2 is 2.12 bits per heavy atom. The summed E-state index contributed by atoms with van der Waals surface area (Å²) in [7, 11) is 1.40. The van der Waals surface area contributed by atoms with E-state index < -0.39 is 0 Å². The largest absolute Gasteiger partial charge is 0.508 e. The van der Waals surface area contributed by atoms with Crippen molar-refractivity contribution in [3.63, 3.8) is 0 Å². The van der Waals surface area contributed by atoms with E-state index in [1.54, 1.807) is 11.0 Å². The number of phenols is 1. The third-order valence-electron chi connectivity index (χ3n) is 6.13. The van der Waals surface area contributed by atoms with Crippen LogP contribution in [0.1, 0.15) is 24.6 Å². The Morgan fingerprint density at radius 3 is 2.88 bits per heavy atom. The number of nitrogens with one attached hydrogen (secondary N) is 2. The van der Waals surface area contributed by atoms with Crippen LogP contribution in [0.15, 0.2) is 48.7 Å². The van der Waals surface area contributed by atoms with Crippen molar-refractivity contribution in [3.8, 4) is 28.4 Å². The zero-order valence-electron chi connectivity index (χ0n) is 18.6. The van der Waals surface area contributed by atoms with Gasteiger partial charge >= 0.3 is 6.09 Å². The highest BCUT2D eigenvalue weighted by molar-refractivity contribution is 5.94. The molecule has 8 nitrogen and oxygen atoms in total. The van der Waals surface area contributed by atoms with Crippen LogP contribution in [0, 0.1) is 0 Å². The summed E-state index contributed by atoms with van der Waals surface area (Å²) in [5.41, 5.74) is 6.99. The van der Waals surface area contributed by atoms with Crippen molar-refractivity contribution >= 4 is 22.6 Å². The van der Waals surface area contributed by atoms with E-state index in [1.807, 2.05) is 30.5 Å². The highest BCUT2D eigenvalue weighted by atomic mass is 16.5. The molecule has 1 aliphatic heterocycles. The van der Waals surface area contributed by atoms with Gasteiger partial charge < -0.3 is 19.7 Å². The number of hydrogen-bond acceptors (Lipinski definition) is 5. The van der Waals surface area contributed by atoms with Crippen molar-refractivity contribution < 1.29 is 14.6 Å². The Labute approximate surface area is 190 Å². The number of rotatable bonds is 4. The van der Waals surface area contributed by atoms with E-state index in [1.165, 1.54) is 7.11 Å². The van der Waals surface area contributed by atoms with Crippen molar-refractivity contribution in [2.45, 2.75) is 19.8 Å².